The average molecular weight is 510 g/mol. The smallest absolute Gasteiger partial charge is 0.0722 e. The van der Waals surface area contributed by atoms with Crippen molar-refractivity contribution in [3.8, 4) is 11.4 Å². The van der Waals surface area contributed by atoms with E-state index >= 15 is 0 Å². The minimum atomic E-state index is 1.000. The van der Waals surface area contributed by atoms with Gasteiger partial charge in [-0.1, -0.05) is 78.9 Å². The average Bonchev–Trinajstić information content (AvgIpc) is 3.53. The van der Waals surface area contributed by atoms with Crippen LogP contribution in [0.25, 0.3) is 76.7 Å². The molecular formula is C37H23N3. The van der Waals surface area contributed by atoms with E-state index in [1.807, 2.05) is 12.3 Å². The maximum Gasteiger partial charge on any atom is 0.0722 e. The van der Waals surface area contributed by atoms with E-state index in [0.29, 0.717) is 0 Å². The molecule has 0 radical (unpaired) electrons. The lowest BCUT2D eigenvalue weighted by molar-refractivity contribution is 1.17. The Hall–Kier alpha value is -5.41. The lowest BCUT2D eigenvalue weighted by Gasteiger charge is -2.10. The first-order valence-electron chi connectivity index (χ1n) is 13.6. The van der Waals surface area contributed by atoms with Crippen molar-refractivity contribution in [2.75, 3.05) is 0 Å². The van der Waals surface area contributed by atoms with Crippen LogP contribution in [0.5, 0.6) is 0 Å². The van der Waals surface area contributed by atoms with Crippen molar-refractivity contribution in [3.05, 3.63) is 140 Å². The van der Waals surface area contributed by atoms with Gasteiger partial charge in [-0.25, -0.2) is 0 Å². The summed E-state index contributed by atoms with van der Waals surface area (Å²) in [6.45, 7) is 0. The summed E-state index contributed by atoms with van der Waals surface area (Å²) >= 11 is 0. The molecule has 6 aromatic carbocycles. The molecule has 9 aromatic rings. The van der Waals surface area contributed by atoms with Crippen LogP contribution in [0, 0.1) is 0 Å². The van der Waals surface area contributed by atoms with Gasteiger partial charge in [0, 0.05) is 44.5 Å². The molecule has 0 aliphatic heterocycles. The Bertz CT molecular complexity index is 2270. The normalized spacial score (nSPS) is 12.0. The monoisotopic (exact) mass is 509 g/mol. The topological polar surface area (TPSA) is 22.8 Å². The van der Waals surface area contributed by atoms with Crippen LogP contribution in [-0.4, -0.2) is 14.1 Å². The molecule has 40 heavy (non-hydrogen) atoms. The number of rotatable bonds is 2. The third kappa shape index (κ3) is 2.92. The number of fused-ring (bicyclic) bond motifs is 9. The Morgan fingerprint density at radius 2 is 0.950 bits per heavy atom. The molecule has 186 valence electrons. The van der Waals surface area contributed by atoms with Gasteiger partial charge in [-0.3, -0.25) is 4.98 Å². The molecule has 0 fully saturated rings. The van der Waals surface area contributed by atoms with Crippen molar-refractivity contribution >= 4 is 65.3 Å². The molecule has 0 atom stereocenters. The quantitative estimate of drug-likeness (QED) is 0.227. The molecule has 9 rings (SSSR count). The van der Waals surface area contributed by atoms with Gasteiger partial charge in [-0.15, -0.1) is 0 Å². The minimum absolute atomic E-state index is 1.000. The molecule has 0 aliphatic carbocycles. The van der Waals surface area contributed by atoms with E-state index in [9.17, 15) is 0 Å². The highest BCUT2D eigenvalue weighted by atomic mass is 15.0. The first kappa shape index (κ1) is 21.5. The van der Waals surface area contributed by atoms with Crippen molar-refractivity contribution in [2.24, 2.45) is 0 Å². The van der Waals surface area contributed by atoms with E-state index in [2.05, 4.69) is 142 Å². The molecule has 0 aliphatic rings. The van der Waals surface area contributed by atoms with Gasteiger partial charge < -0.3 is 9.13 Å². The fraction of sp³-hybridized carbons (Fsp3) is 0. The van der Waals surface area contributed by atoms with Crippen LogP contribution in [0.1, 0.15) is 0 Å². The summed E-state index contributed by atoms with van der Waals surface area (Å²) in [7, 11) is 0. The Morgan fingerprint density at radius 3 is 1.65 bits per heavy atom. The van der Waals surface area contributed by atoms with Gasteiger partial charge in [0.25, 0.3) is 0 Å². The van der Waals surface area contributed by atoms with Gasteiger partial charge >= 0.3 is 0 Å². The van der Waals surface area contributed by atoms with Crippen LogP contribution in [-0.2, 0) is 0 Å². The molecular weight excluding hydrogens is 486 g/mol. The van der Waals surface area contributed by atoms with Crippen LogP contribution < -0.4 is 0 Å². The highest BCUT2D eigenvalue weighted by molar-refractivity contribution is 6.29. The molecule has 0 spiro atoms. The third-order valence-electron chi connectivity index (χ3n) is 8.31. The second-order valence-corrected chi connectivity index (χ2v) is 10.5. The first-order valence-corrected chi connectivity index (χ1v) is 13.6. The van der Waals surface area contributed by atoms with E-state index in [1.54, 1.807) is 0 Å². The molecule has 0 saturated carbocycles. The number of para-hydroxylation sites is 2. The zero-order valence-corrected chi connectivity index (χ0v) is 21.6. The summed E-state index contributed by atoms with van der Waals surface area (Å²) in [5, 5.41) is 8.73. The maximum absolute atomic E-state index is 4.64. The van der Waals surface area contributed by atoms with Gasteiger partial charge in [-0.2, -0.15) is 0 Å². The van der Waals surface area contributed by atoms with E-state index in [4.69, 9.17) is 0 Å². The number of hydrogen-bond donors (Lipinski definition) is 0. The van der Waals surface area contributed by atoms with Crippen molar-refractivity contribution in [2.45, 2.75) is 0 Å². The predicted octanol–water partition coefficient (Wildman–Crippen LogP) is 9.58. The van der Waals surface area contributed by atoms with Crippen LogP contribution in [0.15, 0.2) is 140 Å². The van der Waals surface area contributed by atoms with Gasteiger partial charge in [-0.05, 0) is 65.4 Å². The lowest BCUT2D eigenvalue weighted by atomic mass is 10.1. The second kappa shape index (κ2) is 8.05. The highest BCUT2D eigenvalue weighted by Gasteiger charge is 2.20. The molecule has 3 heterocycles. The molecule has 3 aromatic heterocycles. The summed E-state index contributed by atoms with van der Waals surface area (Å²) < 4.78 is 4.81. The maximum atomic E-state index is 4.64. The molecule has 3 nitrogen and oxygen atoms in total. The SMILES string of the molecule is c1ccc2cc(-n3c4ccccc4c4c5c6ccccc6n(-c6ccc7cccnc7c6)c5ccc43)ccc2c1. The number of pyridine rings is 1. The zero-order chi connectivity index (χ0) is 26.2. The number of aromatic nitrogens is 3. The van der Waals surface area contributed by atoms with Crippen molar-refractivity contribution in [1.29, 1.82) is 0 Å². The van der Waals surface area contributed by atoms with Crippen molar-refractivity contribution in [3.63, 3.8) is 0 Å². The summed E-state index contributed by atoms with van der Waals surface area (Å²) in [6.07, 6.45) is 1.86. The number of nitrogens with zero attached hydrogens (tertiary/aromatic N) is 3. The largest absolute Gasteiger partial charge is 0.309 e. The third-order valence-corrected chi connectivity index (χ3v) is 8.31. The number of hydrogen-bond acceptors (Lipinski definition) is 1. The van der Waals surface area contributed by atoms with Gasteiger partial charge in [0.15, 0.2) is 0 Å². The Morgan fingerprint density at radius 1 is 0.400 bits per heavy atom. The van der Waals surface area contributed by atoms with Gasteiger partial charge in [0.05, 0.1) is 27.6 Å². The Kier molecular flexibility index (Phi) is 4.33. The van der Waals surface area contributed by atoms with E-state index in [1.165, 1.54) is 60.1 Å². The minimum Gasteiger partial charge on any atom is -0.309 e. The molecule has 0 saturated heterocycles. The summed E-state index contributed by atoms with van der Waals surface area (Å²) in [5.74, 6) is 0. The van der Waals surface area contributed by atoms with Crippen molar-refractivity contribution < 1.29 is 0 Å². The zero-order valence-electron chi connectivity index (χ0n) is 21.6. The fourth-order valence-corrected chi connectivity index (χ4v) is 6.58. The van der Waals surface area contributed by atoms with E-state index in [0.717, 1.165) is 16.6 Å². The van der Waals surface area contributed by atoms with E-state index < -0.39 is 0 Å². The summed E-state index contributed by atoms with van der Waals surface area (Å²) in [5.41, 5.74) is 8.12. The first-order chi connectivity index (χ1) is 19.8. The Labute approximate surface area is 230 Å². The van der Waals surface area contributed by atoms with Crippen LogP contribution in [0.2, 0.25) is 0 Å². The van der Waals surface area contributed by atoms with Gasteiger partial charge in [0.1, 0.15) is 0 Å². The van der Waals surface area contributed by atoms with Crippen molar-refractivity contribution in [1.82, 2.24) is 14.1 Å². The fourth-order valence-electron chi connectivity index (χ4n) is 6.58. The predicted molar refractivity (Wildman–Crippen MR) is 168 cm³/mol. The summed E-state index contributed by atoms with van der Waals surface area (Å²) in [6, 6.07) is 48.2. The Balaban J connectivity index is 1.43. The standard InChI is InChI=1S/C37H23N3/c1-2-9-26-22-27(17-15-24(26)8-1)39-32-13-5-3-11-29(32)36-34(39)19-20-35-37(36)30-12-4-6-14-33(30)40(35)28-18-16-25-10-7-21-38-31(25)23-28/h1-23H. The van der Waals surface area contributed by atoms with Crippen LogP contribution in [0.3, 0.4) is 0 Å². The van der Waals surface area contributed by atoms with Crippen LogP contribution in [0.4, 0.5) is 0 Å². The number of benzene rings is 6. The van der Waals surface area contributed by atoms with E-state index in [-0.39, 0.29) is 0 Å². The molecule has 0 amide bonds. The molecule has 0 bridgehead atoms. The summed E-state index contributed by atoms with van der Waals surface area (Å²) in [4.78, 5) is 4.64. The highest BCUT2D eigenvalue weighted by Crippen LogP contribution is 2.42. The molecule has 0 unspecified atom stereocenters. The second-order valence-electron chi connectivity index (χ2n) is 10.5. The molecule has 3 heteroatoms. The van der Waals surface area contributed by atoms with Crippen LogP contribution >= 0.6 is 0 Å². The lowest BCUT2D eigenvalue weighted by Crippen LogP contribution is -1.95. The van der Waals surface area contributed by atoms with Gasteiger partial charge in [0.2, 0.25) is 0 Å². The molecule has 0 N–H and O–H groups in total.